The summed E-state index contributed by atoms with van der Waals surface area (Å²) in [5.41, 5.74) is 1.81. The van der Waals surface area contributed by atoms with Crippen LogP contribution >= 0.6 is 27.7 Å². The first-order chi connectivity index (χ1) is 9.58. The maximum absolute atomic E-state index is 12.6. The Labute approximate surface area is 129 Å². The molecule has 0 radical (unpaired) electrons. The average Bonchev–Trinajstić information content (AvgIpc) is 2.41. The van der Waals surface area contributed by atoms with Crippen molar-refractivity contribution in [1.29, 1.82) is 0 Å². The minimum absolute atomic E-state index is 0.0185. The van der Waals surface area contributed by atoms with E-state index in [4.69, 9.17) is 0 Å². The molecule has 0 aliphatic heterocycles. The van der Waals surface area contributed by atoms with Crippen LogP contribution in [-0.4, -0.2) is 5.76 Å². The molecule has 0 fully saturated rings. The van der Waals surface area contributed by atoms with Gasteiger partial charge >= 0.3 is 0 Å². The number of nitrogens with one attached hydrogen (secondary N) is 1. The van der Waals surface area contributed by atoms with Crippen LogP contribution in [0.3, 0.4) is 0 Å². The highest BCUT2D eigenvalue weighted by Crippen LogP contribution is 2.34. The molecule has 0 saturated carbocycles. The predicted octanol–water partition coefficient (Wildman–Crippen LogP) is 5.94. The van der Waals surface area contributed by atoms with Crippen molar-refractivity contribution in [1.82, 2.24) is 0 Å². The van der Waals surface area contributed by atoms with Gasteiger partial charge in [0.1, 0.15) is 0 Å². The van der Waals surface area contributed by atoms with Crippen molar-refractivity contribution >= 4 is 33.4 Å². The lowest BCUT2D eigenvalue weighted by molar-refractivity contribution is 0.252. The number of anilines is 1. The predicted molar refractivity (Wildman–Crippen MR) is 84.5 cm³/mol. The standard InChI is InChI=1S/C15H14BrF2NS/c1-10(11-6-2-3-7-12(11)16)19-13-8-4-5-9-14(13)20-15(17)18/h2-10,15,19H,1H3. The third-order valence-electron chi connectivity index (χ3n) is 2.85. The van der Waals surface area contributed by atoms with Crippen LogP contribution in [0.15, 0.2) is 57.9 Å². The van der Waals surface area contributed by atoms with E-state index in [1.807, 2.05) is 43.3 Å². The molecule has 2 aromatic rings. The zero-order chi connectivity index (χ0) is 14.5. The number of alkyl halides is 2. The van der Waals surface area contributed by atoms with Gasteiger partial charge in [-0.15, -0.1) is 0 Å². The highest BCUT2D eigenvalue weighted by atomic mass is 79.9. The fourth-order valence-electron chi connectivity index (χ4n) is 1.92. The number of hydrogen-bond donors (Lipinski definition) is 1. The molecule has 0 saturated heterocycles. The third kappa shape index (κ3) is 3.96. The van der Waals surface area contributed by atoms with Crippen LogP contribution in [0.1, 0.15) is 18.5 Å². The number of benzene rings is 2. The zero-order valence-electron chi connectivity index (χ0n) is 10.8. The summed E-state index contributed by atoms with van der Waals surface area (Å²) in [6.45, 7) is 2.00. The molecular weight excluding hydrogens is 344 g/mol. The molecule has 2 rings (SSSR count). The number of hydrogen-bond acceptors (Lipinski definition) is 2. The summed E-state index contributed by atoms with van der Waals surface area (Å²) < 4.78 is 26.1. The number of thioether (sulfide) groups is 1. The molecule has 0 amide bonds. The lowest BCUT2D eigenvalue weighted by atomic mass is 10.1. The molecule has 1 nitrogen and oxygen atoms in total. The molecule has 0 aliphatic rings. The van der Waals surface area contributed by atoms with Gasteiger partial charge in [0, 0.05) is 21.1 Å². The maximum atomic E-state index is 12.6. The Balaban J connectivity index is 2.20. The summed E-state index contributed by atoms with van der Waals surface area (Å²) in [5, 5.41) is 3.29. The second kappa shape index (κ2) is 7.09. The van der Waals surface area contributed by atoms with Gasteiger partial charge in [-0.2, -0.15) is 8.78 Å². The molecule has 1 atom stereocenters. The van der Waals surface area contributed by atoms with Gasteiger partial charge in [-0.3, -0.25) is 0 Å². The Morgan fingerprint density at radius 3 is 2.40 bits per heavy atom. The summed E-state index contributed by atoms with van der Waals surface area (Å²) in [7, 11) is 0. The summed E-state index contributed by atoms with van der Waals surface area (Å²) in [4.78, 5) is 0.557. The highest BCUT2D eigenvalue weighted by Gasteiger charge is 2.13. The largest absolute Gasteiger partial charge is 0.378 e. The molecular formula is C15H14BrF2NS. The first-order valence-electron chi connectivity index (χ1n) is 6.12. The van der Waals surface area contributed by atoms with Crippen molar-refractivity contribution < 1.29 is 8.78 Å². The second-order valence-electron chi connectivity index (χ2n) is 4.26. The van der Waals surface area contributed by atoms with E-state index in [1.54, 1.807) is 12.1 Å². The average molecular weight is 358 g/mol. The molecule has 0 aliphatic carbocycles. The van der Waals surface area contributed by atoms with Gasteiger partial charge in [-0.05, 0) is 30.7 Å². The minimum Gasteiger partial charge on any atom is -0.378 e. The van der Waals surface area contributed by atoms with Gasteiger partial charge in [0.25, 0.3) is 5.76 Å². The highest BCUT2D eigenvalue weighted by molar-refractivity contribution is 9.10. The van der Waals surface area contributed by atoms with E-state index >= 15 is 0 Å². The lowest BCUT2D eigenvalue weighted by Gasteiger charge is -2.19. The zero-order valence-corrected chi connectivity index (χ0v) is 13.2. The molecule has 0 aromatic heterocycles. The van der Waals surface area contributed by atoms with Crippen LogP contribution in [0.25, 0.3) is 0 Å². The molecule has 0 bridgehead atoms. The van der Waals surface area contributed by atoms with E-state index in [0.29, 0.717) is 16.7 Å². The maximum Gasteiger partial charge on any atom is 0.288 e. The SMILES string of the molecule is CC(Nc1ccccc1SC(F)F)c1ccccc1Br. The number of para-hydroxylation sites is 1. The Hall–Kier alpha value is -1.07. The molecule has 5 heteroatoms. The summed E-state index contributed by atoms with van der Waals surface area (Å²) in [6, 6.07) is 15.0. The Bertz CT molecular complexity index is 577. The van der Waals surface area contributed by atoms with Crippen LogP contribution in [0, 0.1) is 0 Å². The van der Waals surface area contributed by atoms with Crippen LogP contribution < -0.4 is 5.32 Å². The van der Waals surface area contributed by atoms with Gasteiger partial charge in [-0.25, -0.2) is 0 Å². The van der Waals surface area contributed by atoms with Crippen molar-refractivity contribution in [3.8, 4) is 0 Å². The van der Waals surface area contributed by atoms with Gasteiger partial charge in [-0.1, -0.05) is 58.0 Å². The van der Waals surface area contributed by atoms with E-state index in [1.165, 1.54) is 0 Å². The Kier molecular flexibility index (Phi) is 5.43. The summed E-state index contributed by atoms with van der Waals surface area (Å²) >= 11 is 4.06. The summed E-state index contributed by atoms with van der Waals surface area (Å²) in [5.74, 6) is -2.42. The first kappa shape index (κ1) is 15.3. The first-order valence-corrected chi connectivity index (χ1v) is 7.80. The molecule has 1 unspecified atom stereocenters. The lowest BCUT2D eigenvalue weighted by Crippen LogP contribution is -2.08. The smallest absolute Gasteiger partial charge is 0.288 e. The minimum atomic E-state index is -2.42. The molecule has 0 heterocycles. The van der Waals surface area contributed by atoms with E-state index < -0.39 is 5.76 Å². The Morgan fingerprint density at radius 2 is 1.70 bits per heavy atom. The van der Waals surface area contributed by atoms with E-state index in [0.717, 1.165) is 15.7 Å². The number of halogens is 3. The van der Waals surface area contributed by atoms with E-state index in [2.05, 4.69) is 21.2 Å². The third-order valence-corrected chi connectivity index (χ3v) is 4.36. The molecule has 2 aromatic carbocycles. The van der Waals surface area contributed by atoms with Gasteiger partial charge in [0.2, 0.25) is 0 Å². The quantitative estimate of drug-likeness (QED) is 0.664. The van der Waals surface area contributed by atoms with Crippen LogP contribution in [0.5, 0.6) is 0 Å². The van der Waals surface area contributed by atoms with Crippen LogP contribution in [0.4, 0.5) is 14.5 Å². The second-order valence-corrected chi connectivity index (χ2v) is 6.15. The van der Waals surface area contributed by atoms with Crippen LogP contribution in [-0.2, 0) is 0 Å². The van der Waals surface area contributed by atoms with Crippen LogP contribution in [0.2, 0.25) is 0 Å². The molecule has 106 valence electrons. The van der Waals surface area contributed by atoms with Gasteiger partial charge in [0.15, 0.2) is 0 Å². The monoisotopic (exact) mass is 357 g/mol. The fourth-order valence-corrected chi connectivity index (χ4v) is 3.15. The Morgan fingerprint density at radius 1 is 1.05 bits per heavy atom. The molecule has 20 heavy (non-hydrogen) atoms. The fraction of sp³-hybridized carbons (Fsp3) is 0.200. The van der Waals surface area contributed by atoms with Gasteiger partial charge < -0.3 is 5.32 Å². The van der Waals surface area contributed by atoms with Crippen molar-refractivity contribution in [2.24, 2.45) is 0 Å². The van der Waals surface area contributed by atoms with Crippen molar-refractivity contribution in [3.63, 3.8) is 0 Å². The topological polar surface area (TPSA) is 12.0 Å². The van der Waals surface area contributed by atoms with Crippen molar-refractivity contribution in [2.75, 3.05) is 5.32 Å². The number of rotatable bonds is 5. The summed E-state index contributed by atoms with van der Waals surface area (Å²) in [6.07, 6.45) is 0. The van der Waals surface area contributed by atoms with Gasteiger partial charge in [0.05, 0.1) is 0 Å². The van der Waals surface area contributed by atoms with Crippen molar-refractivity contribution in [2.45, 2.75) is 23.6 Å². The molecule has 0 spiro atoms. The van der Waals surface area contributed by atoms with Crippen molar-refractivity contribution in [3.05, 3.63) is 58.6 Å². The normalized spacial score (nSPS) is 12.4. The van der Waals surface area contributed by atoms with E-state index in [9.17, 15) is 8.78 Å². The molecule has 1 N–H and O–H groups in total. The van der Waals surface area contributed by atoms with E-state index in [-0.39, 0.29) is 6.04 Å².